The molecule has 110 valence electrons. The maximum absolute atomic E-state index is 12.4. The van der Waals surface area contributed by atoms with E-state index in [2.05, 4.69) is 5.32 Å². The quantitative estimate of drug-likeness (QED) is 0.784. The molecule has 0 fully saturated rings. The predicted molar refractivity (Wildman–Crippen MR) is 86.4 cm³/mol. The summed E-state index contributed by atoms with van der Waals surface area (Å²) in [6.07, 6.45) is 0. The number of hydrogen-bond donors (Lipinski definition) is 1. The van der Waals surface area contributed by atoms with Crippen LogP contribution in [0.4, 0.5) is 5.69 Å². The number of nitrogens with one attached hydrogen (secondary N) is 1. The molecule has 0 spiro atoms. The lowest BCUT2D eigenvalue weighted by Gasteiger charge is -2.11. The molecule has 1 amide bonds. The van der Waals surface area contributed by atoms with Crippen molar-refractivity contribution >= 4 is 22.6 Å². The van der Waals surface area contributed by atoms with Gasteiger partial charge in [-0.15, -0.1) is 0 Å². The molecule has 0 aliphatic rings. The monoisotopic (exact) mass is 293 g/mol. The molecule has 0 aliphatic heterocycles. The number of carbonyl (C=O) groups excluding carboxylic acids is 1. The van der Waals surface area contributed by atoms with E-state index < -0.39 is 5.91 Å². The first-order valence-electron chi connectivity index (χ1n) is 6.97. The zero-order valence-electron chi connectivity index (χ0n) is 12.3. The molecule has 0 radical (unpaired) electrons. The van der Waals surface area contributed by atoms with Crippen molar-refractivity contribution < 1.29 is 9.21 Å². The highest BCUT2D eigenvalue weighted by atomic mass is 16.3. The lowest BCUT2D eigenvalue weighted by molar-refractivity contribution is 0.0997. The fourth-order valence-electron chi connectivity index (χ4n) is 2.40. The van der Waals surface area contributed by atoms with Crippen molar-refractivity contribution in [2.75, 3.05) is 5.32 Å². The van der Waals surface area contributed by atoms with E-state index in [0.717, 1.165) is 16.8 Å². The SMILES string of the molecule is Cc1cccc(C)c1NC(=O)c1cc(=O)c2ccccc2o1. The summed E-state index contributed by atoms with van der Waals surface area (Å²) in [6.45, 7) is 3.83. The van der Waals surface area contributed by atoms with E-state index >= 15 is 0 Å². The Balaban J connectivity index is 2.01. The summed E-state index contributed by atoms with van der Waals surface area (Å²) in [5.41, 5.74) is 2.83. The molecule has 3 rings (SSSR count). The highest BCUT2D eigenvalue weighted by Crippen LogP contribution is 2.20. The maximum Gasteiger partial charge on any atom is 0.291 e. The van der Waals surface area contributed by atoms with Crippen molar-refractivity contribution in [1.82, 2.24) is 0 Å². The molecule has 0 saturated heterocycles. The first-order valence-corrected chi connectivity index (χ1v) is 6.97. The molecule has 3 aromatic rings. The van der Waals surface area contributed by atoms with Gasteiger partial charge in [0.05, 0.1) is 5.39 Å². The van der Waals surface area contributed by atoms with Crippen molar-refractivity contribution in [3.63, 3.8) is 0 Å². The summed E-state index contributed by atoms with van der Waals surface area (Å²) in [5, 5.41) is 3.28. The smallest absolute Gasteiger partial charge is 0.291 e. The first-order chi connectivity index (χ1) is 10.6. The van der Waals surface area contributed by atoms with Crippen LogP contribution in [0.25, 0.3) is 11.0 Å². The minimum Gasteiger partial charge on any atom is -0.451 e. The topological polar surface area (TPSA) is 59.3 Å². The van der Waals surface area contributed by atoms with Crippen LogP contribution in [0.15, 0.2) is 57.7 Å². The standard InChI is InChI=1S/C18H15NO3/c1-11-6-5-7-12(2)17(11)19-18(21)16-10-14(20)13-8-3-4-9-15(13)22-16/h3-10H,1-2H3,(H,19,21). The Morgan fingerprint density at radius 3 is 2.41 bits per heavy atom. The van der Waals surface area contributed by atoms with E-state index in [1.165, 1.54) is 6.07 Å². The number of amides is 1. The molecule has 1 N–H and O–H groups in total. The number of aryl methyl sites for hydroxylation is 2. The van der Waals surface area contributed by atoms with Gasteiger partial charge >= 0.3 is 0 Å². The Bertz CT molecular complexity index is 905. The van der Waals surface area contributed by atoms with E-state index in [0.29, 0.717) is 11.0 Å². The van der Waals surface area contributed by atoms with Crippen molar-refractivity contribution in [1.29, 1.82) is 0 Å². The summed E-state index contributed by atoms with van der Waals surface area (Å²) >= 11 is 0. The zero-order valence-corrected chi connectivity index (χ0v) is 12.3. The molecule has 0 atom stereocenters. The van der Waals surface area contributed by atoms with E-state index in [-0.39, 0.29) is 11.2 Å². The molecular formula is C18H15NO3. The number of anilines is 1. The Hall–Kier alpha value is -2.88. The van der Waals surface area contributed by atoms with Crippen LogP contribution in [0.2, 0.25) is 0 Å². The van der Waals surface area contributed by atoms with Gasteiger partial charge in [0.1, 0.15) is 5.58 Å². The van der Waals surface area contributed by atoms with Gasteiger partial charge in [0.25, 0.3) is 5.91 Å². The van der Waals surface area contributed by atoms with E-state index in [1.54, 1.807) is 24.3 Å². The highest BCUT2D eigenvalue weighted by Gasteiger charge is 2.14. The molecule has 0 aliphatic carbocycles. The molecule has 0 saturated carbocycles. The van der Waals surface area contributed by atoms with Crippen LogP contribution in [-0.2, 0) is 0 Å². The fourth-order valence-corrected chi connectivity index (χ4v) is 2.40. The summed E-state index contributed by atoms with van der Waals surface area (Å²) in [6, 6.07) is 13.9. The van der Waals surface area contributed by atoms with E-state index in [4.69, 9.17) is 4.42 Å². The van der Waals surface area contributed by atoms with Gasteiger partial charge in [0.15, 0.2) is 11.2 Å². The van der Waals surface area contributed by atoms with Crippen LogP contribution in [-0.4, -0.2) is 5.91 Å². The third-order valence-electron chi connectivity index (χ3n) is 3.58. The van der Waals surface area contributed by atoms with Gasteiger partial charge in [-0.25, -0.2) is 0 Å². The van der Waals surface area contributed by atoms with Gasteiger partial charge in [0, 0.05) is 11.8 Å². The molecule has 22 heavy (non-hydrogen) atoms. The number of para-hydroxylation sites is 2. The average molecular weight is 293 g/mol. The second-order valence-corrected chi connectivity index (χ2v) is 5.19. The van der Waals surface area contributed by atoms with Crippen LogP contribution in [0, 0.1) is 13.8 Å². The third kappa shape index (κ3) is 2.51. The first kappa shape index (κ1) is 14.1. The summed E-state index contributed by atoms with van der Waals surface area (Å²) in [5.74, 6) is -0.424. The van der Waals surface area contributed by atoms with E-state index in [1.807, 2.05) is 32.0 Å². The molecule has 2 aromatic carbocycles. The summed E-state index contributed by atoms with van der Waals surface area (Å²) in [7, 11) is 0. The molecule has 1 heterocycles. The van der Waals surface area contributed by atoms with Crippen LogP contribution >= 0.6 is 0 Å². The average Bonchev–Trinajstić information content (AvgIpc) is 2.51. The fraction of sp³-hybridized carbons (Fsp3) is 0.111. The molecule has 0 bridgehead atoms. The number of carbonyl (C=O) groups is 1. The zero-order chi connectivity index (χ0) is 15.7. The van der Waals surface area contributed by atoms with Crippen LogP contribution in [0.5, 0.6) is 0 Å². The minimum atomic E-state index is -0.430. The van der Waals surface area contributed by atoms with Crippen molar-refractivity contribution in [2.24, 2.45) is 0 Å². The van der Waals surface area contributed by atoms with Gasteiger partial charge in [-0.2, -0.15) is 0 Å². The van der Waals surface area contributed by atoms with Gasteiger partial charge < -0.3 is 9.73 Å². The molecule has 4 heteroatoms. The molecule has 1 aromatic heterocycles. The van der Waals surface area contributed by atoms with Crippen LogP contribution in [0.1, 0.15) is 21.7 Å². The van der Waals surface area contributed by atoms with Crippen LogP contribution in [0.3, 0.4) is 0 Å². The van der Waals surface area contributed by atoms with Gasteiger partial charge in [0.2, 0.25) is 0 Å². The maximum atomic E-state index is 12.4. The molecular weight excluding hydrogens is 278 g/mol. The van der Waals surface area contributed by atoms with Gasteiger partial charge in [-0.3, -0.25) is 9.59 Å². The summed E-state index contributed by atoms with van der Waals surface area (Å²) in [4.78, 5) is 24.4. The highest BCUT2D eigenvalue weighted by molar-refractivity contribution is 6.03. The predicted octanol–water partition coefficient (Wildman–Crippen LogP) is 3.66. The molecule has 0 unspecified atom stereocenters. The number of hydrogen-bond acceptors (Lipinski definition) is 3. The number of fused-ring (bicyclic) bond motifs is 1. The Kier molecular flexibility index (Phi) is 3.51. The largest absolute Gasteiger partial charge is 0.451 e. The second kappa shape index (κ2) is 5.48. The van der Waals surface area contributed by atoms with E-state index in [9.17, 15) is 9.59 Å². The normalized spacial score (nSPS) is 10.6. The number of rotatable bonds is 2. The van der Waals surface area contributed by atoms with Crippen LogP contribution < -0.4 is 10.7 Å². The lowest BCUT2D eigenvalue weighted by Crippen LogP contribution is -2.16. The number of benzene rings is 2. The van der Waals surface area contributed by atoms with Gasteiger partial charge in [-0.1, -0.05) is 30.3 Å². The van der Waals surface area contributed by atoms with Crippen molar-refractivity contribution in [3.05, 3.63) is 75.6 Å². The summed E-state index contributed by atoms with van der Waals surface area (Å²) < 4.78 is 5.54. The van der Waals surface area contributed by atoms with Crippen molar-refractivity contribution in [3.8, 4) is 0 Å². The molecule has 4 nitrogen and oxygen atoms in total. The minimum absolute atomic E-state index is 0.00588. The third-order valence-corrected chi connectivity index (χ3v) is 3.58. The lowest BCUT2D eigenvalue weighted by atomic mass is 10.1. The second-order valence-electron chi connectivity index (χ2n) is 5.19. The Labute approximate surface area is 127 Å². The Morgan fingerprint density at radius 1 is 1.00 bits per heavy atom. The Morgan fingerprint density at radius 2 is 1.68 bits per heavy atom. The van der Waals surface area contributed by atoms with Crippen molar-refractivity contribution in [2.45, 2.75) is 13.8 Å². The van der Waals surface area contributed by atoms with Gasteiger partial charge in [-0.05, 0) is 37.1 Å².